The van der Waals surface area contributed by atoms with Crippen LogP contribution in [0.1, 0.15) is 50.9 Å². The number of esters is 2. The van der Waals surface area contributed by atoms with Gasteiger partial charge in [0.2, 0.25) is 6.29 Å². The molecule has 3 aliphatic heterocycles. The number of rotatable bonds is 3. The molecule has 8 heteroatoms. The van der Waals surface area contributed by atoms with E-state index in [9.17, 15) is 19.5 Å². The van der Waals surface area contributed by atoms with Gasteiger partial charge in [0.05, 0.1) is 29.1 Å². The number of epoxide rings is 1. The van der Waals surface area contributed by atoms with Crippen molar-refractivity contribution in [3.63, 3.8) is 0 Å². The molecule has 1 N–H and O–H groups in total. The van der Waals surface area contributed by atoms with E-state index in [0.29, 0.717) is 30.6 Å². The Hall–Kier alpha value is -3.07. The highest BCUT2D eigenvalue weighted by molar-refractivity contribution is 5.99. The molecule has 4 fully saturated rings. The van der Waals surface area contributed by atoms with Crippen LogP contribution in [0.25, 0.3) is 0 Å². The minimum Gasteiger partial charge on any atom is -0.455 e. The molecule has 8 rings (SSSR count). The summed E-state index contributed by atoms with van der Waals surface area (Å²) >= 11 is 0. The fraction of sp³-hybridized carbons (Fsp3) is 0.545. The normalized spacial score (nSPS) is 50.2. The molecule has 4 aliphatic carbocycles. The Morgan fingerprint density at radius 3 is 2.54 bits per heavy atom. The van der Waals surface area contributed by atoms with Crippen LogP contribution < -0.4 is 0 Å². The van der Waals surface area contributed by atoms with Crippen LogP contribution >= 0.6 is 0 Å². The molecule has 7 aliphatic rings. The van der Waals surface area contributed by atoms with E-state index < -0.39 is 57.7 Å². The molecule has 0 bridgehead atoms. The van der Waals surface area contributed by atoms with E-state index in [1.807, 2.05) is 19.1 Å². The first-order chi connectivity index (χ1) is 19.4. The molecular formula is C33H34O8. The van der Waals surface area contributed by atoms with Crippen LogP contribution in [-0.2, 0) is 28.5 Å². The minimum absolute atomic E-state index is 0.0148. The molecule has 2 saturated carbocycles. The predicted octanol–water partition coefficient (Wildman–Crippen LogP) is 3.69. The third kappa shape index (κ3) is 2.75. The SMILES string of the molecule is C[C@@]12C=CC(=O)[C@@]3(C)[C@H]1[C@@H](OC2)[C@@H](OC(=O)c1ccccc1)[C@@]1(C)C2=CC[C@@H](C4=C[C@H](O)OC4=O)[C@]2(C)C[C@@H]2O[C@]231. The molecule has 11 atom stereocenters. The Morgan fingerprint density at radius 2 is 1.83 bits per heavy atom. The highest BCUT2D eigenvalue weighted by Crippen LogP contribution is 2.81. The standard InChI is InChI=1S/C33H34O8/c1-29-13-12-21(34)32(4)25(29)24(38-16-29)26(40-27(36)17-8-6-5-7-9-17)31(3)20-11-10-19(18-14-23(35)39-28(18)37)30(20,2)15-22-33(31,32)41-22/h5-9,11-14,19,22-26,35H,10,15-16H2,1-4H3/t19-,22-,23+,24+,25-,26+,29-,30-,31+,32-,33-/m0/s1. The molecule has 1 spiro atoms. The topological polar surface area (TPSA) is 112 Å². The maximum atomic E-state index is 14.1. The van der Waals surface area contributed by atoms with Crippen LogP contribution in [0.4, 0.5) is 0 Å². The van der Waals surface area contributed by atoms with E-state index in [-0.39, 0.29) is 23.7 Å². The first kappa shape index (κ1) is 25.6. The Balaban J connectivity index is 1.31. The van der Waals surface area contributed by atoms with Crippen LogP contribution in [0, 0.1) is 33.5 Å². The molecule has 8 nitrogen and oxygen atoms in total. The van der Waals surface area contributed by atoms with Crippen LogP contribution in [-0.4, -0.2) is 59.6 Å². The van der Waals surface area contributed by atoms with Gasteiger partial charge in [0.25, 0.3) is 0 Å². The lowest BCUT2D eigenvalue weighted by Crippen LogP contribution is -2.75. The number of aliphatic hydroxyl groups is 1. The van der Waals surface area contributed by atoms with Gasteiger partial charge < -0.3 is 24.1 Å². The zero-order chi connectivity index (χ0) is 28.7. The number of cyclic esters (lactones) is 1. The van der Waals surface area contributed by atoms with Gasteiger partial charge in [-0.05, 0) is 56.4 Å². The number of benzene rings is 1. The summed E-state index contributed by atoms with van der Waals surface area (Å²) in [7, 11) is 0. The largest absolute Gasteiger partial charge is 0.455 e. The number of aliphatic hydroxyl groups excluding tert-OH is 1. The van der Waals surface area contributed by atoms with E-state index >= 15 is 0 Å². The Kier molecular flexibility index (Phi) is 4.78. The second-order valence-electron chi connectivity index (χ2n) is 13.8. The monoisotopic (exact) mass is 558 g/mol. The third-order valence-electron chi connectivity index (χ3n) is 12.0. The minimum atomic E-state index is -1.26. The molecule has 41 heavy (non-hydrogen) atoms. The predicted molar refractivity (Wildman–Crippen MR) is 144 cm³/mol. The fourth-order valence-corrected chi connectivity index (χ4v) is 10.4. The van der Waals surface area contributed by atoms with Gasteiger partial charge >= 0.3 is 11.9 Å². The number of fused-ring (bicyclic) bond motifs is 2. The number of carbonyl (C=O) groups excluding carboxylic acids is 3. The van der Waals surface area contributed by atoms with Crippen molar-refractivity contribution in [3.8, 4) is 0 Å². The van der Waals surface area contributed by atoms with Crippen molar-refractivity contribution in [2.45, 2.75) is 70.7 Å². The van der Waals surface area contributed by atoms with Crippen LogP contribution in [0.5, 0.6) is 0 Å². The van der Waals surface area contributed by atoms with Gasteiger partial charge in [-0.3, -0.25) is 4.79 Å². The highest BCUT2D eigenvalue weighted by Gasteiger charge is 2.90. The molecule has 1 aromatic rings. The van der Waals surface area contributed by atoms with Crippen molar-refractivity contribution in [2.75, 3.05) is 6.61 Å². The van der Waals surface area contributed by atoms with Crippen molar-refractivity contribution < 1.29 is 38.4 Å². The summed E-state index contributed by atoms with van der Waals surface area (Å²) in [5.74, 6) is -1.43. The maximum Gasteiger partial charge on any atom is 0.338 e. The van der Waals surface area contributed by atoms with E-state index in [0.717, 1.165) is 5.57 Å². The first-order valence-electron chi connectivity index (χ1n) is 14.5. The van der Waals surface area contributed by atoms with Crippen molar-refractivity contribution in [1.29, 1.82) is 0 Å². The number of hydrogen-bond acceptors (Lipinski definition) is 8. The fourth-order valence-electron chi connectivity index (χ4n) is 10.4. The second kappa shape index (κ2) is 7.65. The van der Waals surface area contributed by atoms with Crippen molar-refractivity contribution >= 4 is 17.7 Å². The maximum absolute atomic E-state index is 14.1. The number of hydrogen-bond donors (Lipinski definition) is 1. The van der Waals surface area contributed by atoms with Crippen LogP contribution in [0.3, 0.4) is 0 Å². The van der Waals surface area contributed by atoms with Gasteiger partial charge in [0, 0.05) is 22.8 Å². The molecular weight excluding hydrogens is 524 g/mol. The summed E-state index contributed by atoms with van der Waals surface area (Å²) in [5, 5.41) is 10.1. The first-order valence-corrected chi connectivity index (χ1v) is 14.5. The number of ketones is 1. The van der Waals surface area contributed by atoms with Crippen molar-refractivity contribution in [3.05, 3.63) is 71.3 Å². The molecule has 2 saturated heterocycles. The summed E-state index contributed by atoms with van der Waals surface area (Å²) in [4.78, 5) is 40.6. The molecule has 3 heterocycles. The number of allylic oxidation sites excluding steroid dienone is 2. The quantitative estimate of drug-likeness (QED) is 0.340. The average Bonchev–Trinajstić information content (AvgIpc) is 3.21. The van der Waals surface area contributed by atoms with Crippen LogP contribution in [0.15, 0.2) is 65.8 Å². The van der Waals surface area contributed by atoms with Gasteiger partial charge in [0.15, 0.2) is 5.78 Å². The Morgan fingerprint density at radius 1 is 1.07 bits per heavy atom. The highest BCUT2D eigenvalue weighted by atomic mass is 16.6. The molecule has 1 aromatic carbocycles. The van der Waals surface area contributed by atoms with Crippen molar-refractivity contribution in [1.82, 2.24) is 0 Å². The molecule has 0 radical (unpaired) electrons. The lowest BCUT2D eigenvalue weighted by molar-refractivity contribution is -0.199. The summed E-state index contributed by atoms with van der Waals surface area (Å²) in [5.41, 5.74) is -1.79. The number of ether oxygens (including phenoxy) is 4. The second-order valence-corrected chi connectivity index (χ2v) is 13.8. The van der Waals surface area contributed by atoms with Gasteiger partial charge in [-0.25, -0.2) is 9.59 Å². The summed E-state index contributed by atoms with van der Waals surface area (Å²) in [6.45, 7) is 8.75. The van der Waals surface area contributed by atoms with E-state index in [1.54, 1.807) is 30.3 Å². The summed E-state index contributed by atoms with van der Waals surface area (Å²) in [6, 6.07) is 8.92. The lowest BCUT2D eigenvalue weighted by atomic mass is 9.37. The van der Waals surface area contributed by atoms with Gasteiger partial charge in [-0.2, -0.15) is 0 Å². The van der Waals surface area contributed by atoms with E-state index in [2.05, 4.69) is 26.8 Å². The smallest absolute Gasteiger partial charge is 0.338 e. The third-order valence-corrected chi connectivity index (χ3v) is 12.0. The molecule has 0 amide bonds. The summed E-state index contributed by atoms with van der Waals surface area (Å²) in [6.07, 6.45) is 5.66. The van der Waals surface area contributed by atoms with Crippen molar-refractivity contribution in [2.24, 2.45) is 33.5 Å². The Bertz CT molecular complexity index is 1510. The van der Waals surface area contributed by atoms with Gasteiger partial charge in [0.1, 0.15) is 17.8 Å². The number of carbonyl (C=O) groups is 3. The van der Waals surface area contributed by atoms with E-state index in [4.69, 9.17) is 18.9 Å². The zero-order valence-corrected chi connectivity index (χ0v) is 23.6. The summed E-state index contributed by atoms with van der Waals surface area (Å²) < 4.78 is 25.0. The Labute approximate surface area is 238 Å². The van der Waals surface area contributed by atoms with Gasteiger partial charge in [-0.1, -0.05) is 49.8 Å². The zero-order valence-electron chi connectivity index (χ0n) is 23.6. The van der Waals surface area contributed by atoms with E-state index in [1.165, 1.54) is 6.08 Å². The molecule has 214 valence electrons. The van der Waals surface area contributed by atoms with Gasteiger partial charge in [-0.15, -0.1) is 0 Å². The average molecular weight is 559 g/mol. The molecule has 0 aromatic heterocycles. The van der Waals surface area contributed by atoms with Crippen LogP contribution in [0.2, 0.25) is 0 Å². The molecule has 0 unspecified atom stereocenters. The lowest BCUT2D eigenvalue weighted by Gasteiger charge is -2.64.